The third kappa shape index (κ3) is 2.82. The van der Waals surface area contributed by atoms with Crippen molar-refractivity contribution in [1.82, 2.24) is 0 Å². The molecule has 2 heteroatoms. The number of rotatable bonds is 4. The molecule has 1 rings (SSSR count). The van der Waals surface area contributed by atoms with Crippen LogP contribution in [-0.2, 0) is 4.79 Å². The highest BCUT2D eigenvalue weighted by atomic mass is 16.4. The summed E-state index contributed by atoms with van der Waals surface area (Å²) in [6.45, 7) is 5.89. The first-order valence-electron chi connectivity index (χ1n) is 5.31. The average molecular weight is 206 g/mol. The van der Waals surface area contributed by atoms with Crippen molar-refractivity contribution in [1.29, 1.82) is 0 Å². The van der Waals surface area contributed by atoms with Crippen LogP contribution in [0.2, 0.25) is 0 Å². The third-order valence-electron chi connectivity index (χ3n) is 2.87. The van der Waals surface area contributed by atoms with E-state index in [4.69, 9.17) is 0 Å². The Labute approximate surface area is 90.9 Å². The molecule has 1 aromatic carbocycles. The minimum Gasteiger partial charge on any atom is -0.481 e. The molecule has 0 saturated heterocycles. The van der Waals surface area contributed by atoms with Crippen molar-refractivity contribution in [3.05, 3.63) is 35.9 Å². The molecule has 1 aromatic rings. The summed E-state index contributed by atoms with van der Waals surface area (Å²) in [5, 5.41) is 9.18. The Bertz CT molecular complexity index is 317. The Morgan fingerprint density at radius 3 is 2.07 bits per heavy atom. The van der Waals surface area contributed by atoms with E-state index in [1.165, 1.54) is 0 Å². The van der Waals surface area contributed by atoms with Crippen molar-refractivity contribution in [2.45, 2.75) is 26.7 Å². The van der Waals surface area contributed by atoms with Crippen LogP contribution in [0.3, 0.4) is 0 Å². The fourth-order valence-corrected chi connectivity index (χ4v) is 2.04. The number of benzene rings is 1. The van der Waals surface area contributed by atoms with E-state index in [1.54, 1.807) is 0 Å². The van der Waals surface area contributed by atoms with Crippen molar-refractivity contribution >= 4 is 5.97 Å². The molecule has 0 aliphatic carbocycles. The Balaban J connectivity index is 2.91. The molecule has 0 unspecified atom stereocenters. The van der Waals surface area contributed by atoms with Crippen molar-refractivity contribution in [3.63, 3.8) is 0 Å². The SMILES string of the molecule is CC(C)[C@H](C(=O)O)[C@@H](C)c1ccccc1. The Morgan fingerprint density at radius 2 is 1.67 bits per heavy atom. The number of carboxylic acid groups (broad SMARTS) is 1. The summed E-state index contributed by atoms with van der Waals surface area (Å²) >= 11 is 0. The molecule has 0 fully saturated rings. The second kappa shape index (κ2) is 4.96. The van der Waals surface area contributed by atoms with E-state index < -0.39 is 5.97 Å². The van der Waals surface area contributed by atoms with Crippen molar-refractivity contribution < 1.29 is 9.90 Å². The second-order valence-corrected chi connectivity index (χ2v) is 4.31. The number of aliphatic carboxylic acids is 1. The number of hydrogen-bond acceptors (Lipinski definition) is 1. The maximum atomic E-state index is 11.2. The number of hydrogen-bond donors (Lipinski definition) is 1. The van der Waals surface area contributed by atoms with Gasteiger partial charge in [-0.05, 0) is 17.4 Å². The quantitative estimate of drug-likeness (QED) is 0.821. The Hall–Kier alpha value is -1.31. The van der Waals surface area contributed by atoms with Crippen LogP contribution >= 0.6 is 0 Å². The van der Waals surface area contributed by atoms with Gasteiger partial charge in [0.05, 0.1) is 5.92 Å². The predicted octanol–water partition coefficient (Wildman–Crippen LogP) is 3.15. The normalized spacial score (nSPS) is 14.9. The maximum Gasteiger partial charge on any atom is 0.307 e. The lowest BCUT2D eigenvalue weighted by molar-refractivity contribution is -0.144. The molecule has 0 radical (unpaired) electrons. The van der Waals surface area contributed by atoms with Crippen LogP contribution in [-0.4, -0.2) is 11.1 Å². The fourth-order valence-electron chi connectivity index (χ4n) is 2.04. The minimum atomic E-state index is -0.707. The molecule has 2 nitrogen and oxygen atoms in total. The van der Waals surface area contributed by atoms with E-state index in [9.17, 15) is 9.90 Å². The lowest BCUT2D eigenvalue weighted by Gasteiger charge is -2.23. The molecule has 2 atom stereocenters. The highest BCUT2D eigenvalue weighted by Gasteiger charge is 2.28. The third-order valence-corrected chi connectivity index (χ3v) is 2.87. The van der Waals surface area contributed by atoms with Gasteiger partial charge in [0, 0.05) is 0 Å². The molecular weight excluding hydrogens is 188 g/mol. The summed E-state index contributed by atoms with van der Waals surface area (Å²) < 4.78 is 0. The van der Waals surface area contributed by atoms with Gasteiger partial charge in [-0.1, -0.05) is 51.1 Å². The van der Waals surface area contributed by atoms with Gasteiger partial charge >= 0.3 is 5.97 Å². The molecule has 0 amide bonds. The monoisotopic (exact) mass is 206 g/mol. The van der Waals surface area contributed by atoms with E-state index >= 15 is 0 Å². The van der Waals surface area contributed by atoms with Gasteiger partial charge in [-0.25, -0.2) is 0 Å². The summed E-state index contributed by atoms with van der Waals surface area (Å²) in [7, 11) is 0. The molecule has 1 N–H and O–H groups in total. The highest BCUT2D eigenvalue weighted by molar-refractivity contribution is 5.71. The van der Waals surface area contributed by atoms with Crippen LogP contribution in [0.5, 0.6) is 0 Å². The lowest BCUT2D eigenvalue weighted by atomic mass is 9.80. The van der Waals surface area contributed by atoms with E-state index in [0.717, 1.165) is 5.56 Å². The standard InChI is InChI=1S/C13H18O2/c1-9(2)12(13(14)15)10(3)11-7-5-4-6-8-11/h4-10,12H,1-3H3,(H,14,15)/t10-,12-/m0/s1. The van der Waals surface area contributed by atoms with Crippen LogP contribution in [0.15, 0.2) is 30.3 Å². The molecule has 0 bridgehead atoms. The molecule has 0 aliphatic rings. The number of carboxylic acids is 1. The van der Waals surface area contributed by atoms with Gasteiger partial charge in [0.1, 0.15) is 0 Å². The first-order chi connectivity index (χ1) is 7.04. The minimum absolute atomic E-state index is 0.0590. The van der Waals surface area contributed by atoms with Gasteiger partial charge in [0.2, 0.25) is 0 Å². The van der Waals surface area contributed by atoms with Gasteiger partial charge in [-0.2, -0.15) is 0 Å². The molecule has 0 aromatic heterocycles. The van der Waals surface area contributed by atoms with E-state index in [-0.39, 0.29) is 17.8 Å². The van der Waals surface area contributed by atoms with Crippen molar-refractivity contribution in [2.24, 2.45) is 11.8 Å². The van der Waals surface area contributed by atoms with Crippen LogP contribution in [0, 0.1) is 11.8 Å². The fraction of sp³-hybridized carbons (Fsp3) is 0.462. The van der Waals surface area contributed by atoms with Gasteiger partial charge in [0.25, 0.3) is 0 Å². The molecule has 0 aliphatic heterocycles. The average Bonchev–Trinajstić information content (AvgIpc) is 2.18. The zero-order valence-corrected chi connectivity index (χ0v) is 9.47. The van der Waals surface area contributed by atoms with Crippen LogP contribution < -0.4 is 0 Å². The summed E-state index contributed by atoms with van der Waals surface area (Å²) in [5.41, 5.74) is 1.10. The zero-order valence-electron chi connectivity index (χ0n) is 9.47. The Kier molecular flexibility index (Phi) is 3.89. The van der Waals surface area contributed by atoms with Gasteiger partial charge in [0.15, 0.2) is 0 Å². The van der Waals surface area contributed by atoms with Crippen LogP contribution in [0.25, 0.3) is 0 Å². The zero-order chi connectivity index (χ0) is 11.4. The van der Waals surface area contributed by atoms with E-state index in [1.807, 2.05) is 51.1 Å². The van der Waals surface area contributed by atoms with E-state index in [2.05, 4.69) is 0 Å². The Morgan fingerprint density at radius 1 is 1.13 bits per heavy atom. The number of carbonyl (C=O) groups is 1. The van der Waals surface area contributed by atoms with E-state index in [0.29, 0.717) is 0 Å². The predicted molar refractivity (Wildman–Crippen MR) is 60.8 cm³/mol. The molecule has 0 heterocycles. The van der Waals surface area contributed by atoms with Gasteiger partial charge in [-0.3, -0.25) is 4.79 Å². The largest absolute Gasteiger partial charge is 0.481 e. The first-order valence-corrected chi connectivity index (χ1v) is 5.31. The van der Waals surface area contributed by atoms with Crippen molar-refractivity contribution in [2.75, 3.05) is 0 Å². The summed E-state index contributed by atoms with van der Waals surface area (Å²) in [6.07, 6.45) is 0. The molecule has 15 heavy (non-hydrogen) atoms. The summed E-state index contributed by atoms with van der Waals surface area (Å²) in [6, 6.07) is 9.82. The van der Waals surface area contributed by atoms with Gasteiger partial charge in [-0.15, -0.1) is 0 Å². The smallest absolute Gasteiger partial charge is 0.307 e. The highest BCUT2D eigenvalue weighted by Crippen LogP contribution is 2.29. The van der Waals surface area contributed by atoms with Gasteiger partial charge < -0.3 is 5.11 Å². The second-order valence-electron chi connectivity index (χ2n) is 4.31. The summed E-state index contributed by atoms with van der Waals surface area (Å²) in [4.78, 5) is 11.2. The molecule has 0 saturated carbocycles. The lowest BCUT2D eigenvalue weighted by Crippen LogP contribution is -2.25. The van der Waals surface area contributed by atoms with Crippen molar-refractivity contribution in [3.8, 4) is 0 Å². The topological polar surface area (TPSA) is 37.3 Å². The maximum absolute atomic E-state index is 11.2. The summed E-state index contributed by atoms with van der Waals surface area (Å²) in [5.74, 6) is -0.810. The molecule has 82 valence electrons. The van der Waals surface area contributed by atoms with Crippen LogP contribution in [0.1, 0.15) is 32.3 Å². The molecule has 0 spiro atoms. The van der Waals surface area contributed by atoms with Crippen LogP contribution in [0.4, 0.5) is 0 Å². The molecular formula is C13H18O2. The first kappa shape index (κ1) is 11.8.